The third-order valence-electron chi connectivity index (χ3n) is 1.70. The van der Waals surface area contributed by atoms with Gasteiger partial charge in [0.2, 0.25) is 0 Å². The molecule has 1 heterocycles. The maximum atomic E-state index is 4.98. The molecule has 0 aliphatic carbocycles. The van der Waals surface area contributed by atoms with Gasteiger partial charge in [0.05, 0.1) is 6.61 Å². The summed E-state index contributed by atoms with van der Waals surface area (Å²) >= 11 is 1.69. The lowest BCUT2D eigenvalue weighted by Gasteiger charge is -2.04. The molecule has 68 valence electrons. The van der Waals surface area contributed by atoms with Crippen molar-refractivity contribution in [3.8, 4) is 0 Å². The summed E-state index contributed by atoms with van der Waals surface area (Å²) in [6, 6.07) is 0.383. The van der Waals surface area contributed by atoms with E-state index in [1.54, 1.807) is 18.4 Å². The van der Waals surface area contributed by atoms with Crippen LogP contribution < -0.4 is 5.32 Å². The Labute approximate surface area is 76.8 Å². The molecule has 0 saturated carbocycles. The predicted octanol–water partition coefficient (Wildman–Crippen LogP) is 1.57. The van der Waals surface area contributed by atoms with Crippen LogP contribution in [0, 0.1) is 0 Å². The third-order valence-corrected chi connectivity index (χ3v) is 2.85. The molecular formula is C8H14N2OS. The number of rotatable bonds is 4. The van der Waals surface area contributed by atoms with E-state index in [2.05, 4.69) is 17.2 Å². The molecule has 0 saturated heterocycles. The number of methoxy groups -OCH3 is 1. The Morgan fingerprint density at radius 2 is 2.50 bits per heavy atom. The second kappa shape index (κ2) is 4.54. The summed E-state index contributed by atoms with van der Waals surface area (Å²) in [6.07, 6.45) is 1.90. The van der Waals surface area contributed by atoms with Crippen molar-refractivity contribution < 1.29 is 4.74 Å². The fraction of sp³-hybridized carbons (Fsp3) is 0.625. The third kappa shape index (κ3) is 2.27. The number of aromatic nitrogens is 1. The van der Waals surface area contributed by atoms with Gasteiger partial charge < -0.3 is 10.1 Å². The summed E-state index contributed by atoms with van der Waals surface area (Å²) in [4.78, 5) is 5.48. The van der Waals surface area contributed by atoms with Gasteiger partial charge in [-0.3, -0.25) is 0 Å². The molecule has 0 bridgehead atoms. The van der Waals surface area contributed by atoms with Crippen LogP contribution >= 0.6 is 11.3 Å². The van der Waals surface area contributed by atoms with Crippen LogP contribution in [0.4, 0.5) is 0 Å². The fourth-order valence-corrected chi connectivity index (χ4v) is 1.81. The highest BCUT2D eigenvalue weighted by Crippen LogP contribution is 2.20. The molecule has 0 amide bonds. The van der Waals surface area contributed by atoms with Crippen LogP contribution in [0.3, 0.4) is 0 Å². The second-order valence-corrected chi connectivity index (χ2v) is 3.75. The number of thiazole rings is 1. The highest BCUT2D eigenvalue weighted by Gasteiger charge is 2.06. The number of nitrogens with one attached hydrogen (secondary N) is 1. The van der Waals surface area contributed by atoms with Gasteiger partial charge in [0.1, 0.15) is 5.01 Å². The van der Waals surface area contributed by atoms with E-state index < -0.39 is 0 Å². The van der Waals surface area contributed by atoms with Gasteiger partial charge in [-0.1, -0.05) is 0 Å². The summed E-state index contributed by atoms with van der Waals surface area (Å²) in [5.74, 6) is 0. The first-order valence-electron chi connectivity index (χ1n) is 3.88. The molecular weight excluding hydrogens is 172 g/mol. The fourth-order valence-electron chi connectivity index (χ4n) is 0.857. The zero-order chi connectivity index (χ0) is 8.97. The summed E-state index contributed by atoms with van der Waals surface area (Å²) in [6.45, 7) is 2.73. The number of hydrogen-bond donors (Lipinski definition) is 1. The smallest absolute Gasteiger partial charge is 0.119 e. The van der Waals surface area contributed by atoms with Crippen molar-refractivity contribution in [3.05, 3.63) is 16.1 Å². The Morgan fingerprint density at radius 3 is 3.08 bits per heavy atom. The molecule has 1 rings (SSSR count). The van der Waals surface area contributed by atoms with Gasteiger partial charge in [0.15, 0.2) is 0 Å². The van der Waals surface area contributed by atoms with Gasteiger partial charge in [0.25, 0.3) is 0 Å². The number of nitrogens with zero attached hydrogens (tertiary/aromatic N) is 1. The normalized spacial score (nSPS) is 13.2. The highest BCUT2D eigenvalue weighted by molar-refractivity contribution is 7.11. The Balaban J connectivity index is 2.63. The van der Waals surface area contributed by atoms with Crippen molar-refractivity contribution in [1.29, 1.82) is 0 Å². The lowest BCUT2D eigenvalue weighted by Crippen LogP contribution is -2.10. The van der Waals surface area contributed by atoms with Gasteiger partial charge in [-0.05, 0) is 14.0 Å². The molecule has 0 aromatic carbocycles. The Bertz CT molecular complexity index is 237. The van der Waals surface area contributed by atoms with Crippen LogP contribution in [0.2, 0.25) is 0 Å². The molecule has 0 radical (unpaired) electrons. The summed E-state index contributed by atoms with van der Waals surface area (Å²) in [5, 5.41) is 4.20. The largest absolute Gasteiger partial charge is 0.378 e. The summed E-state index contributed by atoms with van der Waals surface area (Å²) < 4.78 is 4.98. The molecule has 0 spiro atoms. The molecule has 3 nitrogen and oxygen atoms in total. The Hall–Kier alpha value is -0.450. The quantitative estimate of drug-likeness (QED) is 0.775. The topological polar surface area (TPSA) is 34.2 Å². The van der Waals surface area contributed by atoms with Crippen LogP contribution in [0.1, 0.15) is 22.9 Å². The van der Waals surface area contributed by atoms with Crippen LogP contribution in [0.5, 0.6) is 0 Å². The lowest BCUT2D eigenvalue weighted by atomic mass is 10.3. The highest BCUT2D eigenvalue weighted by atomic mass is 32.1. The van der Waals surface area contributed by atoms with Crippen molar-refractivity contribution >= 4 is 11.3 Å². The van der Waals surface area contributed by atoms with Gasteiger partial charge >= 0.3 is 0 Å². The van der Waals surface area contributed by atoms with Crippen molar-refractivity contribution in [2.24, 2.45) is 0 Å². The molecule has 1 unspecified atom stereocenters. The minimum atomic E-state index is 0.383. The van der Waals surface area contributed by atoms with Crippen LogP contribution in [0.25, 0.3) is 0 Å². The van der Waals surface area contributed by atoms with E-state index in [9.17, 15) is 0 Å². The molecule has 12 heavy (non-hydrogen) atoms. The SMILES string of the molecule is CNC(C)c1cnc(COC)s1. The van der Waals surface area contributed by atoms with Crippen LogP contribution in [-0.2, 0) is 11.3 Å². The van der Waals surface area contributed by atoms with E-state index in [1.165, 1.54) is 4.88 Å². The number of ether oxygens (including phenoxy) is 1. The van der Waals surface area contributed by atoms with Crippen molar-refractivity contribution in [3.63, 3.8) is 0 Å². The van der Waals surface area contributed by atoms with Gasteiger partial charge in [-0.25, -0.2) is 4.98 Å². The molecule has 4 heteroatoms. The molecule has 1 aromatic rings. The zero-order valence-corrected chi connectivity index (χ0v) is 8.44. The van der Waals surface area contributed by atoms with E-state index >= 15 is 0 Å². The average Bonchev–Trinajstić information content (AvgIpc) is 2.52. The Morgan fingerprint density at radius 1 is 1.75 bits per heavy atom. The van der Waals surface area contributed by atoms with Crippen LogP contribution in [-0.4, -0.2) is 19.1 Å². The minimum Gasteiger partial charge on any atom is -0.378 e. The standard InChI is InChI=1S/C8H14N2OS/c1-6(9-2)7-4-10-8(12-7)5-11-3/h4,6,9H,5H2,1-3H3. The van der Waals surface area contributed by atoms with Crippen molar-refractivity contribution in [1.82, 2.24) is 10.3 Å². The number of hydrogen-bond acceptors (Lipinski definition) is 4. The molecule has 1 aromatic heterocycles. The Kier molecular flexibility index (Phi) is 3.65. The lowest BCUT2D eigenvalue weighted by molar-refractivity contribution is 0.184. The van der Waals surface area contributed by atoms with Crippen molar-refractivity contribution in [2.45, 2.75) is 19.6 Å². The van der Waals surface area contributed by atoms with E-state index in [1.807, 2.05) is 13.2 Å². The maximum absolute atomic E-state index is 4.98. The predicted molar refractivity (Wildman–Crippen MR) is 50.3 cm³/mol. The summed E-state index contributed by atoms with van der Waals surface area (Å²) in [7, 11) is 3.63. The maximum Gasteiger partial charge on any atom is 0.119 e. The first-order valence-corrected chi connectivity index (χ1v) is 4.70. The average molecular weight is 186 g/mol. The molecule has 0 aliphatic rings. The minimum absolute atomic E-state index is 0.383. The molecule has 1 N–H and O–H groups in total. The molecule has 0 fully saturated rings. The van der Waals surface area contributed by atoms with Gasteiger partial charge in [0, 0.05) is 24.2 Å². The first kappa shape index (κ1) is 9.64. The van der Waals surface area contributed by atoms with E-state index in [0.29, 0.717) is 12.6 Å². The van der Waals surface area contributed by atoms with E-state index in [0.717, 1.165) is 5.01 Å². The summed E-state index contributed by atoms with van der Waals surface area (Å²) in [5.41, 5.74) is 0. The van der Waals surface area contributed by atoms with Gasteiger partial charge in [-0.2, -0.15) is 0 Å². The monoisotopic (exact) mass is 186 g/mol. The van der Waals surface area contributed by atoms with Crippen LogP contribution in [0.15, 0.2) is 6.20 Å². The van der Waals surface area contributed by atoms with Crippen molar-refractivity contribution in [2.75, 3.05) is 14.2 Å². The second-order valence-electron chi connectivity index (χ2n) is 2.60. The molecule has 1 atom stereocenters. The first-order chi connectivity index (χ1) is 5.77. The molecule has 0 aliphatic heterocycles. The van der Waals surface area contributed by atoms with E-state index in [4.69, 9.17) is 4.74 Å². The van der Waals surface area contributed by atoms with E-state index in [-0.39, 0.29) is 0 Å². The van der Waals surface area contributed by atoms with Gasteiger partial charge in [-0.15, -0.1) is 11.3 Å². The zero-order valence-electron chi connectivity index (χ0n) is 7.63.